The number of primary amides is 1. The third kappa shape index (κ3) is 3.72. The number of fused-ring (bicyclic) bond motifs is 1. The molecule has 0 bridgehead atoms. The topological polar surface area (TPSA) is 132 Å². The molecule has 2 atom stereocenters. The monoisotopic (exact) mass is 377 g/mol. The first-order valence-corrected chi connectivity index (χ1v) is 9.41. The van der Waals surface area contributed by atoms with Crippen molar-refractivity contribution in [3.8, 4) is 0 Å². The standard InChI is InChI=1S/C20H23N7O/c21-13-6-1-2-7-16(13)25-17-11-24-18(19(22)28)20(27-17)26-15-9-3-8-14-12(15)5-4-10-23-14/h3-5,8-11,13,16H,1-2,6-7,21H2,(H2,22,28)(H2,25,26,27)/t13-,16+/m0/s1. The number of anilines is 3. The number of benzene rings is 1. The average molecular weight is 377 g/mol. The predicted octanol–water partition coefficient (Wildman–Crippen LogP) is 2.55. The van der Waals surface area contributed by atoms with Crippen LogP contribution >= 0.6 is 0 Å². The second-order valence-electron chi connectivity index (χ2n) is 7.02. The summed E-state index contributed by atoms with van der Waals surface area (Å²) in [6.07, 6.45) is 7.51. The van der Waals surface area contributed by atoms with Gasteiger partial charge in [-0.3, -0.25) is 9.78 Å². The molecular weight excluding hydrogens is 354 g/mol. The summed E-state index contributed by atoms with van der Waals surface area (Å²) in [4.78, 5) is 25.0. The van der Waals surface area contributed by atoms with E-state index in [9.17, 15) is 4.79 Å². The second kappa shape index (κ2) is 7.77. The quantitative estimate of drug-likeness (QED) is 0.537. The van der Waals surface area contributed by atoms with Gasteiger partial charge in [0.25, 0.3) is 5.91 Å². The molecule has 1 aromatic carbocycles. The highest BCUT2D eigenvalue weighted by Gasteiger charge is 2.23. The van der Waals surface area contributed by atoms with Gasteiger partial charge < -0.3 is 22.1 Å². The molecule has 1 saturated carbocycles. The van der Waals surface area contributed by atoms with Crippen molar-refractivity contribution >= 4 is 34.1 Å². The number of amides is 1. The molecular formula is C20H23N7O. The first-order valence-electron chi connectivity index (χ1n) is 9.41. The van der Waals surface area contributed by atoms with Crippen molar-refractivity contribution < 1.29 is 4.79 Å². The highest BCUT2D eigenvalue weighted by Crippen LogP contribution is 2.27. The summed E-state index contributed by atoms with van der Waals surface area (Å²) in [5, 5.41) is 7.47. The van der Waals surface area contributed by atoms with Crippen molar-refractivity contribution in [2.24, 2.45) is 11.5 Å². The third-order valence-corrected chi connectivity index (χ3v) is 5.06. The zero-order valence-corrected chi connectivity index (χ0v) is 15.4. The van der Waals surface area contributed by atoms with Crippen LogP contribution < -0.4 is 22.1 Å². The SMILES string of the molecule is NC(=O)c1ncc(N[C@@H]2CCCC[C@@H]2N)nc1Nc1cccc2ncccc12. The molecule has 0 radical (unpaired) electrons. The van der Waals surface area contributed by atoms with Crippen LogP contribution in [-0.4, -0.2) is 32.9 Å². The molecule has 2 aromatic heterocycles. The summed E-state index contributed by atoms with van der Waals surface area (Å²) < 4.78 is 0. The maximum atomic E-state index is 11.9. The lowest BCUT2D eigenvalue weighted by atomic mass is 9.91. The average Bonchev–Trinajstić information content (AvgIpc) is 2.70. The largest absolute Gasteiger partial charge is 0.364 e. The van der Waals surface area contributed by atoms with Gasteiger partial charge in [-0.1, -0.05) is 18.9 Å². The molecule has 6 N–H and O–H groups in total. The number of nitrogens with two attached hydrogens (primary N) is 2. The summed E-state index contributed by atoms with van der Waals surface area (Å²) >= 11 is 0. The maximum Gasteiger partial charge on any atom is 0.271 e. The molecule has 0 spiro atoms. The van der Waals surface area contributed by atoms with E-state index in [2.05, 4.69) is 25.6 Å². The number of hydrogen-bond donors (Lipinski definition) is 4. The summed E-state index contributed by atoms with van der Waals surface area (Å²) in [6.45, 7) is 0. The maximum absolute atomic E-state index is 11.9. The minimum absolute atomic E-state index is 0.0758. The Kier molecular flexibility index (Phi) is 5.03. The van der Waals surface area contributed by atoms with Crippen LogP contribution in [0.25, 0.3) is 10.9 Å². The molecule has 0 aliphatic heterocycles. The van der Waals surface area contributed by atoms with Gasteiger partial charge in [0, 0.05) is 29.4 Å². The minimum Gasteiger partial charge on any atom is -0.364 e. The van der Waals surface area contributed by atoms with Crippen molar-refractivity contribution in [2.75, 3.05) is 10.6 Å². The minimum atomic E-state index is -0.644. The molecule has 0 unspecified atom stereocenters. The highest BCUT2D eigenvalue weighted by molar-refractivity contribution is 5.99. The Hall–Kier alpha value is -3.26. The van der Waals surface area contributed by atoms with Gasteiger partial charge in [-0.15, -0.1) is 0 Å². The Labute approximate surface area is 162 Å². The van der Waals surface area contributed by atoms with Gasteiger partial charge in [-0.25, -0.2) is 9.97 Å². The summed E-state index contributed by atoms with van der Waals surface area (Å²) in [6, 6.07) is 9.72. The zero-order chi connectivity index (χ0) is 19.5. The fraction of sp³-hybridized carbons (Fsp3) is 0.300. The van der Waals surface area contributed by atoms with Gasteiger partial charge >= 0.3 is 0 Å². The van der Waals surface area contributed by atoms with Crippen molar-refractivity contribution in [2.45, 2.75) is 37.8 Å². The van der Waals surface area contributed by atoms with Crippen molar-refractivity contribution in [1.29, 1.82) is 0 Å². The highest BCUT2D eigenvalue weighted by atomic mass is 16.1. The van der Waals surface area contributed by atoms with Crippen molar-refractivity contribution in [3.05, 3.63) is 48.4 Å². The van der Waals surface area contributed by atoms with Crippen LogP contribution in [0.4, 0.5) is 17.3 Å². The molecule has 1 aliphatic rings. The lowest BCUT2D eigenvalue weighted by Gasteiger charge is -2.29. The Morgan fingerprint density at radius 1 is 1.11 bits per heavy atom. The number of carbonyl (C=O) groups excluding carboxylic acids is 1. The Balaban J connectivity index is 1.67. The zero-order valence-electron chi connectivity index (χ0n) is 15.4. The van der Waals surface area contributed by atoms with E-state index in [1.165, 1.54) is 6.20 Å². The van der Waals surface area contributed by atoms with Crippen LogP contribution in [0.15, 0.2) is 42.7 Å². The number of hydrogen-bond acceptors (Lipinski definition) is 7. The Morgan fingerprint density at radius 2 is 1.96 bits per heavy atom. The third-order valence-electron chi connectivity index (χ3n) is 5.06. The molecule has 2 heterocycles. The van der Waals surface area contributed by atoms with E-state index in [-0.39, 0.29) is 17.8 Å². The Bertz CT molecular complexity index is 1000. The van der Waals surface area contributed by atoms with Gasteiger partial charge in [0.2, 0.25) is 0 Å². The number of carbonyl (C=O) groups is 1. The summed E-state index contributed by atoms with van der Waals surface area (Å²) in [5.41, 5.74) is 13.4. The van der Waals surface area contributed by atoms with Crippen LogP contribution in [0.1, 0.15) is 36.2 Å². The second-order valence-corrected chi connectivity index (χ2v) is 7.02. The van der Waals surface area contributed by atoms with Crippen LogP contribution in [-0.2, 0) is 0 Å². The van der Waals surface area contributed by atoms with E-state index < -0.39 is 5.91 Å². The normalized spacial score (nSPS) is 19.3. The lowest BCUT2D eigenvalue weighted by Crippen LogP contribution is -2.42. The molecule has 1 amide bonds. The molecule has 0 saturated heterocycles. The molecule has 8 heteroatoms. The molecule has 4 rings (SSSR count). The molecule has 144 valence electrons. The predicted molar refractivity (Wildman–Crippen MR) is 109 cm³/mol. The molecule has 28 heavy (non-hydrogen) atoms. The van der Waals surface area contributed by atoms with Crippen LogP contribution in [0.2, 0.25) is 0 Å². The molecule has 1 aliphatic carbocycles. The fourth-order valence-corrected chi connectivity index (χ4v) is 3.59. The van der Waals surface area contributed by atoms with E-state index in [1.54, 1.807) is 6.20 Å². The van der Waals surface area contributed by atoms with E-state index in [0.29, 0.717) is 11.6 Å². The smallest absolute Gasteiger partial charge is 0.271 e. The van der Waals surface area contributed by atoms with Gasteiger partial charge in [0.05, 0.1) is 11.7 Å². The lowest BCUT2D eigenvalue weighted by molar-refractivity contribution is 0.0996. The molecule has 8 nitrogen and oxygen atoms in total. The fourth-order valence-electron chi connectivity index (χ4n) is 3.59. The molecule has 1 fully saturated rings. The summed E-state index contributed by atoms with van der Waals surface area (Å²) in [7, 11) is 0. The van der Waals surface area contributed by atoms with Gasteiger partial charge in [-0.2, -0.15) is 0 Å². The number of nitrogens with one attached hydrogen (secondary N) is 2. The summed E-state index contributed by atoms with van der Waals surface area (Å²) in [5.74, 6) is 0.223. The number of rotatable bonds is 5. The Morgan fingerprint density at radius 3 is 2.79 bits per heavy atom. The van der Waals surface area contributed by atoms with Crippen LogP contribution in [0.3, 0.4) is 0 Å². The number of pyridine rings is 1. The van der Waals surface area contributed by atoms with Crippen LogP contribution in [0.5, 0.6) is 0 Å². The number of nitrogens with zero attached hydrogens (tertiary/aromatic N) is 3. The van der Waals surface area contributed by atoms with Crippen molar-refractivity contribution in [3.63, 3.8) is 0 Å². The first-order chi connectivity index (χ1) is 13.6. The van der Waals surface area contributed by atoms with E-state index in [1.807, 2.05) is 30.3 Å². The van der Waals surface area contributed by atoms with E-state index in [0.717, 1.165) is 42.3 Å². The van der Waals surface area contributed by atoms with E-state index in [4.69, 9.17) is 11.5 Å². The van der Waals surface area contributed by atoms with Crippen LogP contribution in [0, 0.1) is 0 Å². The van der Waals surface area contributed by atoms with Gasteiger partial charge in [0.15, 0.2) is 11.5 Å². The van der Waals surface area contributed by atoms with Gasteiger partial charge in [0.1, 0.15) is 5.82 Å². The van der Waals surface area contributed by atoms with Crippen molar-refractivity contribution in [1.82, 2.24) is 15.0 Å². The van der Waals surface area contributed by atoms with Gasteiger partial charge in [-0.05, 0) is 37.1 Å². The molecule has 3 aromatic rings. The van der Waals surface area contributed by atoms with E-state index >= 15 is 0 Å². The number of aromatic nitrogens is 3. The first kappa shape index (κ1) is 18.1.